The van der Waals surface area contributed by atoms with Crippen LogP contribution in [0, 0.1) is 6.92 Å². The molecule has 1 atom stereocenters. The highest BCUT2D eigenvalue weighted by Crippen LogP contribution is 2.24. The average Bonchev–Trinajstić information content (AvgIpc) is 3.34. The van der Waals surface area contributed by atoms with E-state index in [-0.39, 0.29) is 6.04 Å². The molecule has 0 bridgehead atoms. The van der Waals surface area contributed by atoms with E-state index in [1.54, 1.807) is 0 Å². The Morgan fingerprint density at radius 3 is 2.36 bits per heavy atom. The van der Waals surface area contributed by atoms with Gasteiger partial charge >= 0.3 is 0 Å². The van der Waals surface area contributed by atoms with Crippen LogP contribution in [0.15, 0.2) is 83.4 Å². The summed E-state index contributed by atoms with van der Waals surface area (Å²) in [7, 11) is 0. The summed E-state index contributed by atoms with van der Waals surface area (Å²) in [6.07, 6.45) is 2.14. The monoisotopic (exact) mass is 371 g/mol. The first-order chi connectivity index (χ1) is 13.7. The number of nitrogens with zero attached hydrogens (tertiary/aromatic N) is 2. The highest BCUT2D eigenvalue weighted by molar-refractivity contribution is 5.62. The lowest BCUT2D eigenvalue weighted by atomic mass is 10.1. The third kappa shape index (κ3) is 4.24. The molecule has 4 rings (SSSR count). The summed E-state index contributed by atoms with van der Waals surface area (Å²) in [5.74, 6) is 1.89. The molecule has 4 nitrogen and oxygen atoms in total. The molecule has 1 unspecified atom stereocenters. The van der Waals surface area contributed by atoms with Crippen LogP contribution in [0.4, 0.5) is 0 Å². The molecule has 0 aliphatic carbocycles. The molecule has 0 saturated heterocycles. The minimum absolute atomic E-state index is 0.134. The molecular formula is C24H25N3O. The minimum atomic E-state index is 0.134. The van der Waals surface area contributed by atoms with E-state index in [1.165, 1.54) is 11.1 Å². The topological polar surface area (TPSA) is 43.0 Å². The first-order valence-corrected chi connectivity index (χ1v) is 9.64. The highest BCUT2D eigenvalue weighted by Gasteiger charge is 2.14. The van der Waals surface area contributed by atoms with Gasteiger partial charge in [0, 0.05) is 23.9 Å². The van der Waals surface area contributed by atoms with Crippen molar-refractivity contribution in [2.75, 3.05) is 0 Å². The second-order valence-electron chi connectivity index (χ2n) is 7.10. The Hall–Kier alpha value is -3.11. The molecule has 28 heavy (non-hydrogen) atoms. The lowest BCUT2D eigenvalue weighted by Crippen LogP contribution is -2.17. The van der Waals surface area contributed by atoms with Crippen molar-refractivity contribution in [1.29, 1.82) is 0 Å². The normalized spacial score (nSPS) is 12.2. The predicted molar refractivity (Wildman–Crippen MR) is 112 cm³/mol. The van der Waals surface area contributed by atoms with E-state index in [4.69, 9.17) is 9.52 Å². The zero-order valence-corrected chi connectivity index (χ0v) is 16.3. The van der Waals surface area contributed by atoms with E-state index in [9.17, 15) is 0 Å². The SMILES string of the molecule is Cc1ccc(C(C)NCc2cn(Cc3ccccc3)nc2-c2ccccc2)o1. The zero-order chi connectivity index (χ0) is 19.3. The summed E-state index contributed by atoms with van der Waals surface area (Å²) in [5, 5.41) is 8.45. The first kappa shape index (κ1) is 18.3. The molecule has 0 radical (unpaired) electrons. The molecule has 4 aromatic rings. The standard InChI is InChI=1S/C24H25N3O/c1-18-13-14-23(28-18)19(2)25-15-22-17-27(16-20-9-5-3-6-10-20)26-24(22)21-11-7-4-8-12-21/h3-14,17,19,25H,15-16H2,1-2H3. The van der Waals surface area contributed by atoms with Crippen LogP contribution in [-0.4, -0.2) is 9.78 Å². The van der Waals surface area contributed by atoms with Gasteiger partial charge in [-0.1, -0.05) is 60.7 Å². The third-order valence-corrected chi connectivity index (χ3v) is 4.86. The van der Waals surface area contributed by atoms with E-state index in [0.29, 0.717) is 0 Å². The van der Waals surface area contributed by atoms with Crippen molar-refractivity contribution in [3.05, 3.63) is 102 Å². The zero-order valence-electron chi connectivity index (χ0n) is 16.3. The predicted octanol–water partition coefficient (Wildman–Crippen LogP) is 5.35. The number of furan rings is 1. The van der Waals surface area contributed by atoms with Crippen molar-refractivity contribution in [2.45, 2.75) is 33.0 Å². The fourth-order valence-electron chi connectivity index (χ4n) is 3.33. The maximum Gasteiger partial charge on any atom is 0.120 e. The van der Waals surface area contributed by atoms with Crippen LogP contribution in [0.2, 0.25) is 0 Å². The van der Waals surface area contributed by atoms with Crippen molar-refractivity contribution in [3.63, 3.8) is 0 Å². The molecule has 0 saturated carbocycles. The first-order valence-electron chi connectivity index (χ1n) is 9.64. The van der Waals surface area contributed by atoms with Crippen molar-refractivity contribution in [2.24, 2.45) is 0 Å². The van der Waals surface area contributed by atoms with Gasteiger partial charge < -0.3 is 9.73 Å². The molecule has 4 heteroatoms. The number of aromatic nitrogens is 2. The molecule has 1 N–H and O–H groups in total. The lowest BCUT2D eigenvalue weighted by Gasteiger charge is -2.11. The quantitative estimate of drug-likeness (QED) is 0.476. The molecular weight excluding hydrogens is 346 g/mol. The van der Waals surface area contributed by atoms with Gasteiger partial charge in [0.05, 0.1) is 18.3 Å². The number of aryl methyl sites for hydroxylation is 1. The van der Waals surface area contributed by atoms with Crippen LogP contribution < -0.4 is 5.32 Å². The summed E-state index contributed by atoms with van der Waals surface area (Å²) in [5.41, 5.74) is 4.57. The average molecular weight is 371 g/mol. The van der Waals surface area contributed by atoms with Gasteiger partial charge in [-0.2, -0.15) is 5.10 Å². The molecule has 0 aliphatic heterocycles. The highest BCUT2D eigenvalue weighted by atomic mass is 16.3. The van der Waals surface area contributed by atoms with Crippen molar-refractivity contribution in [1.82, 2.24) is 15.1 Å². The molecule has 0 fully saturated rings. The van der Waals surface area contributed by atoms with Crippen LogP contribution in [-0.2, 0) is 13.1 Å². The summed E-state index contributed by atoms with van der Waals surface area (Å²) in [6, 6.07) is 24.9. The van der Waals surface area contributed by atoms with Crippen LogP contribution in [0.1, 0.15) is 35.6 Å². The number of hydrogen-bond donors (Lipinski definition) is 1. The molecule has 2 aromatic carbocycles. The summed E-state index contributed by atoms with van der Waals surface area (Å²) < 4.78 is 7.77. The van der Waals surface area contributed by atoms with Gasteiger partial charge in [-0.05, 0) is 31.5 Å². The lowest BCUT2D eigenvalue weighted by molar-refractivity contribution is 0.416. The fraction of sp³-hybridized carbons (Fsp3) is 0.208. The Bertz CT molecular complexity index is 1020. The van der Waals surface area contributed by atoms with E-state index in [2.05, 4.69) is 67.0 Å². The van der Waals surface area contributed by atoms with Gasteiger partial charge in [0.2, 0.25) is 0 Å². The summed E-state index contributed by atoms with van der Waals surface area (Å²) in [4.78, 5) is 0. The van der Waals surface area contributed by atoms with Gasteiger partial charge in [0.25, 0.3) is 0 Å². The molecule has 2 aromatic heterocycles. The number of hydrogen-bond acceptors (Lipinski definition) is 3. The van der Waals surface area contributed by atoms with Crippen LogP contribution in [0.5, 0.6) is 0 Å². The summed E-state index contributed by atoms with van der Waals surface area (Å²) in [6.45, 7) is 5.57. The smallest absolute Gasteiger partial charge is 0.120 e. The van der Waals surface area contributed by atoms with E-state index < -0.39 is 0 Å². The molecule has 0 spiro atoms. The van der Waals surface area contributed by atoms with Crippen molar-refractivity contribution in [3.8, 4) is 11.3 Å². The number of rotatable bonds is 7. The second-order valence-corrected chi connectivity index (χ2v) is 7.10. The molecule has 2 heterocycles. The van der Waals surface area contributed by atoms with Gasteiger partial charge in [-0.3, -0.25) is 4.68 Å². The Labute approximate surface area is 165 Å². The molecule has 0 amide bonds. The van der Waals surface area contributed by atoms with Gasteiger partial charge in [0.1, 0.15) is 11.5 Å². The van der Waals surface area contributed by atoms with Crippen LogP contribution >= 0.6 is 0 Å². The van der Waals surface area contributed by atoms with Crippen LogP contribution in [0.25, 0.3) is 11.3 Å². The Morgan fingerprint density at radius 1 is 0.964 bits per heavy atom. The van der Waals surface area contributed by atoms with Gasteiger partial charge in [0.15, 0.2) is 0 Å². The van der Waals surface area contributed by atoms with E-state index in [1.807, 2.05) is 35.9 Å². The third-order valence-electron chi connectivity index (χ3n) is 4.86. The molecule has 0 aliphatic rings. The fourth-order valence-corrected chi connectivity index (χ4v) is 3.33. The van der Waals surface area contributed by atoms with Crippen LogP contribution in [0.3, 0.4) is 0 Å². The summed E-state index contributed by atoms with van der Waals surface area (Å²) >= 11 is 0. The Balaban J connectivity index is 1.57. The van der Waals surface area contributed by atoms with Gasteiger partial charge in [-0.25, -0.2) is 0 Å². The van der Waals surface area contributed by atoms with Crippen molar-refractivity contribution >= 4 is 0 Å². The Kier molecular flexibility index (Phi) is 5.40. The number of nitrogens with one attached hydrogen (secondary N) is 1. The van der Waals surface area contributed by atoms with E-state index >= 15 is 0 Å². The minimum Gasteiger partial charge on any atom is -0.465 e. The number of benzene rings is 2. The maximum atomic E-state index is 5.75. The van der Waals surface area contributed by atoms with Crippen molar-refractivity contribution < 1.29 is 4.42 Å². The molecule has 142 valence electrons. The largest absolute Gasteiger partial charge is 0.465 e. The van der Waals surface area contributed by atoms with Gasteiger partial charge in [-0.15, -0.1) is 0 Å². The maximum absolute atomic E-state index is 5.75. The Morgan fingerprint density at radius 2 is 1.68 bits per heavy atom. The second kappa shape index (κ2) is 8.28. The van der Waals surface area contributed by atoms with E-state index in [0.717, 1.165) is 35.9 Å².